The number of anilines is 1. The molecule has 1 saturated carbocycles. The van der Waals surface area contributed by atoms with Crippen LogP contribution in [0.1, 0.15) is 38.2 Å². The molecule has 2 N–H and O–H groups in total. The number of rotatable bonds is 3. The highest BCUT2D eigenvalue weighted by molar-refractivity contribution is 6.33. The Morgan fingerprint density at radius 1 is 1.44 bits per heavy atom. The van der Waals surface area contributed by atoms with E-state index in [1.165, 1.54) is 25.7 Å². The van der Waals surface area contributed by atoms with Crippen LogP contribution < -0.4 is 10.6 Å². The van der Waals surface area contributed by atoms with Gasteiger partial charge in [0, 0.05) is 25.8 Å². The van der Waals surface area contributed by atoms with Gasteiger partial charge in [-0.3, -0.25) is 0 Å². The highest BCUT2D eigenvalue weighted by Gasteiger charge is 2.26. The first-order valence-electron chi connectivity index (χ1n) is 6.70. The molecule has 1 aliphatic carbocycles. The van der Waals surface area contributed by atoms with Crippen molar-refractivity contribution < 1.29 is 0 Å². The fourth-order valence-electron chi connectivity index (χ4n) is 2.87. The lowest BCUT2D eigenvalue weighted by molar-refractivity contribution is 0.320. The third kappa shape index (κ3) is 2.78. The summed E-state index contributed by atoms with van der Waals surface area (Å²) < 4.78 is 0. The zero-order valence-electron chi connectivity index (χ0n) is 11.2. The van der Waals surface area contributed by atoms with Crippen molar-refractivity contribution in [3.8, 4) is 0 Å². The van der Waals surface area contributed by atoms with Gasteiger partial charge in [-0.15, -0.1) is 0 Å². The molecule has 18 heavy (non-hydrogen) atoms. The monoisotopic (exact) mass is 267 g/mol. The molecule has 3 nitrogen and oxygen atoms in total. The van der Waals surface area contributed by atoms with Crippen LogP contribution in [0.15, 0.2) is 12.3 Å². The minimum Gasteiger partial charge on any atom is -0.355 e. The summed E-state index contributed by atoms with van der Waals surface area (Å²) in [6.07, 6.45) is 7.00. The summed E-state index contributed by atoms with van der Waals surface area (Å²) in [6, 6.07) is 2.47. The first-order chi connectivity index (χ1) is 8.63. The maximum absolute atomic E-state index is 6.31. The Labute approximate surface area is 114 Å². The molecule has 0 saturated heterocycles. The molecule has 2 unspecified atom stereocenters. The minimum atomic E-state index is 0.483. The summed E-state index contributed by atoms with van der Waals surface area (Å²) in [5.74, 6) is 1.59. The van der Waals surface area contributed by atoms with Crippen molar-refractivity contribution in [1.82, 2.24) is 4.98 Å². The van der Waals surface area contributed by atoms with Crippen molar-refractivity contribution in [2.45, 2.75) is 45.2 Å². The van der Waals surface area contributed by atoms with Gasteiger partial charge in [-0.25, -0.2) is 4.98 Å². The second kappa shape index (κ2) is 5.89. The molecule has 2 atom stereocenters. The average molecular weight is 268 g/mol. The van der Waals surface area contributed by atoms with Gasteiger partial charge < -0.3 is 10.6 Å². The lowest BCUT2D eigenvalue weighted by Crippen LogP contribution is -2.39. The number of hydrogen-bond acceptors (Lipinski definition) is 3. The molecule has 4 heteroatoms. The minimum absolute atomic E-state index is 0.483. The van der Waals surface area contributed by atoms with Gasteiger partial charge in [-0.1, -0.05) is 31.4 Å². The first kappa shape index (κ1) is 13.6. The number of nitrogens with two attached hydrogens (primary N) is 1. The van der Waals surface area contributed by atoms with Gasteiger partial charge in [0.15, 0.2) is 0 Å². The van der Waals surface area contributed by atoms with E-state index in [1.807, 2.05) is 12.3 Å². The average Bonchev–Trinajstić information content (AvgIpc) is 2.38. The summed E-state index contributed by atoms with van der Waals surface area (Å²) in [7, 11) is 2.10. The lowest BCUT2D eigenvalue weighted by atomic mass is 9.85. The van der Waals surface area contributed by atoms with Gasteiger partial charge in [0.2, 0.25) is 0 Å². The second-order valence-corrected chi connectivity index (χ2v) is 5.70. The molecule has 1 aliphatic rings. The molecule has 0 amide bonds. The summed E-state index contributed by atoms with van der Waals surface area (Å²) in [6.45, 7) is 2.80. The summed E-state index contributed by atoms with van der Waals surface area (Å²) in [4.78, 5) is 6.72. The number of aromatic nitrogens is 1. The number of hydrogen-bond donors (Lipinski definition) is 1. The molecular weight excluding hydrogens is 246 g/mol. The van der Waals surface area contributed by atoms with E-state index in [1.54, 1.807) is 0 Å². The Morgan fingerprint density at radius 3 is 2.78 bits per heavy atom. The van der Waals surface area contributed by atoms with E-state index in [9.17, 15) is 0 Å². The van der Waals surface area contributed by atoms with Crippen molar-refractivity contribution in [2.24, 2.45) is 11.7 Å². The van der Waals surface area contributed by atoms with Crippen molar-refractivity contribution >= 4 is 17.4 Å². The molecule has 0 aliphatic heterocycles. The normalized spacial score (nSPS) is 24.0. The molecule has 0 aromatic carbocycles. The highest BCUT2D eigenvalue weighted by Crippen LogP contribution is 2.32. The van der Waals surface area contributed by atoms with Crippen molar-refractivity contribution in [3.63, 3.8) is 0 Å². The van der Waals surface area contributed by atoms with Crippen LogP contribution in [0.25, 0.3) is 0 Å². The maximum Gasteiger partial charge on any atom is 0.147 e. The van der Waals surface area contributed by atoms with E-state index in [4.69, 9.17) is 17.3 Å². The maximum atomic E-state index is 6.31. The molecule has 1 aromatic rings. The molecular formula is C14H22ClN3. The first-order valence-corrected chi connectivity index (χ1v) is 7.08. The van der Waals surface area contributed by atoms with E-state index >= 15 is 0 Å². The predicted octanol–water partition coefficient (Wildman–Crippen LogP) is 3.21. The van der Waals surface area contributed by atoms with Crippen LogP contribution in [0.3, 0.4) is 0 Å². The third-order valence-corrected chi connectivity index (χ3v) is 4.29. The molecule has 1 aromatic heterocycles. The van der Waals surface area contributed by atoms with E-state index in [0.717, 1.165) is 11.4 Å². The summed E-state index contributed by atoms with van der Waals surface area (Å²) in [5.41, 5.74) is 6.58. The van der Waals surface area contributed by atoms with Crippen LogP contribution in [0.5, 0.6) is 0 Å². The molecule has 0 radical (unpaired) electrons. The quantitative estimate of drug-likeness (QED) is 0.914. The zero-order chi connectivity index (χ0) is 13.1. The lowest BCUT2D eigenvalue weighted by Gasteiger charge is -2.37. The van der Waals surface area contributed by atoms with E-state index < -0.39 is 0 Å². The van der Waals surface area contributed by atoms with Crippen molar-refractivity contribution in [3.05, 3.63) is 22.8 Å². The predicted molar refractivity (Wildman–Crippen MR) is 77.0 cm³/mol. The molecule has 0 bridgehead atoms. The van der Waals surface area contributed by atoms with Crippen LogP contribution in [0, 0.1) is 5.92 Å². The zero-order valence-corrected chi connectivity index (χ0v) is 12.0. The van der Waals surface area contributed by atoms with E-state index in [2.05, 4.69) is 23.9 Å². The second-order valence-electron chi connectivity index (χ2n) is 5.29. The SMILES string of the molecule is CC1CCCCC1N(C)c1ncc(CN)cc1Cl. The molecule has 1 heterocycles. The Morgan fingerprint density at radius 2 is 2.17 bits per heavy atom. The Balaban J connectivity index is 2.19. The van der Waals surface area contributed by atoms with Gasteiger partial charge in [0.25, 0.3) is 0 Å². The Hall–Kier alpha value is -0.800. The Bertz CT molecular complexity index is 408. The molecule has 2 rings (SSSR count). The van der Waals surface area contributed by atoms with Crippen molar-refractivity contribution in [1.29, 1.82) is 0 Å². The van der Waals surface area contributed by atoms with Gasteiger partial charge in [-0.05, 0) is 30.4 Å². The van der Waals surface area contributed by atoms with Crippen molar-refractivity contribution in [2.75, 3.05) is 11.9 Å². The van der Waals surface area contributed by atoms with E-state index in [-0.39, 0.29) is 0 Å². The standard InChI is InChI=1S/C14H22ClN3/c1-10-5-3-4-6-13(10)18(2)14-12(15)7-11(8-16)9-17-14/h7,9-10,13H,3-6,8,16H2,1-2H3. The topological polar surface area (TPSA) is 42.2 Å². The number of nitrogens with zero attached hydrogens (tertiary/aromatic N) is 2. The van der Waals surface area contributed by atoms with Crippen LogP contribution in [-0.2, 0) is 6.54 Å². The molecule has 0 spiro atoms. The van der Waals surface area contributed by atoms with Gasteiger partial charge in [0.1, 0.15) is 5.82 Å². The summed E-state index contributed by atoms with van der Waals surface area (Å²) in [5, 5.41) is 0.707. The fourth-order valence-corrected chi connectivity index (χ4v) is 3.19. The molecule has 1 fully saturated rings. The van der Waals surface area contributed by atoms with Crippen LogP contribution in [0.4, 0.5) is 5.82 Å². The number of halogens is 1. The summed E-state index contributed by atoms with van der Waals surface area (Å²) >= 11 is 6.31. The highest BCUT2D eigenvalue weighted by atomic mass is 35.5. The third-order valence-electron chi connectivity index (χ3n) is 4.01. The van der Waals surface area contributed by atoms with Gasteiger partial charge in [-0.2, -0.15) is 0 Å². The van der Waals surface area contributed by atoms with Crippen LogP contribution >= 0.6 is 11.6 Å². The Kier molecular flexibility index (Phi) is 4.46. The van der Waals surface area contributed by atoms with E-state index in [0.29, 0.717) is 23.5 Å². The smallest absolute Gasteiger partial charge is 0.147 e. The largest absolute Gasteiger partial charge is 0.355 e. The fraction of sp³-hybridized carbons (Fsp3) is 0.643. The van der Waals surface area contributed by atoms with Gasteiger partial charge in [0.05, 0.1) is 5.02 Å². The van der Waals surface area contributed by atoms with Crippen LogP contribution in [-0.4, -0.2) is 18.1 Å². The molecule has 100 valence electrons. The van der Waals surface area contributed by atoms with Gasteiger partial charge >= 0.3 is 0 Å². The number of pyridine rings is 1. The van der Waals surface area contributed by atoms with Crippen LogP contribution in [0.2, 0.25) is 5.02 Å².